The zero-order valence-corrected chi connectivity index (χ0v) is 15.7. The minimum Gasteiger partial charge on any atom is -0.354 e. The van der Waals surface area contributed by atoms with Gasteiger partial charge >= 0.3 is 0 Å². The summed E-state index contributed by atoms with van der Waals surface area (Å²) in [6.45, 7) is 3.26. The number of aromatic nitrogens is 1. The molecule has 1 aliphatic heterocycles. The summed E-state index contributed by atoms with van der Waals surface area (Å²) in [6, 6.07) is 6.38. The average Bonchev–Trinajstić information content (AvgIpc) is 2.93. The van der Waals surface area contributed by atoms with Gasteiger partial charge in [-0.25, -0.2) is 0 Å². The summed E-state index contributed by atoms with van der Waals surface area (Å²) in [6.07, 6.45) is 12.8. The quantitative estimate of drug-likeness (QED) is 0.553. The van der Waals surface area contributed by atoms with Gasteiger partial charge in [-0.15, -0.1) is 0 Å². The van der Waals surface area contributed by atoms with Gasteiger partial charge in [0, 0.05) is 37.1 Å². The number of nitrogens with one attached hydrogen (secondary N) is 1. The fraction of sp³-hybridized carbons (Fsp3) is 0.211. The van der Waals surface area contributed by atoms with Crippen LogP contribution in [0.25, 0.3) is 11.3 Å². The van der Waals surface area contributed by atoms with Gasteiger partial charge in [-0.3, -0.25) is 4.55 Å². The molecule has 0 unspecified atom stereocenters. The Morgan fingerprint density at radius 3 is 2.59 bits per heavy atom. The Labute approximate surface area is 158 Å². The van der Waals surface area contributed by atoms with E-state index in [4.69, 9.17) is 4.52 Å². The van der Waals surface area contributed by atoms with Crippen molar-refractivity contribution in [2.75, 3.05) is 18.4 Å². The van der Waals surface area contributed by atoms with Crippen LogP contribution in [0.5, 0.6) is 0 Å². The third kappa shape index (κ3) is 5.08. The van der Waals surface area contributed by atoms with Crippen LogP contribution in [-0.4, -0.2) is 36.1 Å². The van der Waals surface area contributed by atoms with Crippen molar-refractivity contribution in [1.82, 2.24) is 10.1 Å². The van der Waals surface area contributed by atoms with Crippen LogP contribution in [0.15, 0.2) is 70.4 Å². The van der Waals surface area contributed by atoms with Crippen molar-refractivity contribution < 1.29 is 17.5 Å². The second kappa shape index (κ2) is 8.24. The molecule has 1 aromatic carbocycles. The van der Waals surface area contributed by atoms with Gasteiger partial charge in [-0.05, 0) is 37.1 Å². The molecule has 2 heterocycles. The monoisotopic (exact) mass is 387 g/mol. The van der Waals surface area contributed by atoms with Crippen molar-refractivity contribution >= 4 is 16.0 Å². The maximum atomic E-state index is 11.6. The standard InChI is InChI=1S/C19H21N3O4S/c1-15-7-8-16(18(13-15)27(23,24)25)17-14-19(26-21-17)20-9-6-12-22-10-4-2-3-5-11-22/h2-5,7-8,10-11,13-14,20H,6,9,12H2,1H3,(H,23,24,25). The van der Waals surface area contributed by atoms with Gasteiger partial charge in [-0.2, -0.15) is 8.42 Å². The molecule has 27 heavy (non-hydrogen) atoms. The van der Waals surface area contributed by atoms with Crippen molar-refractivity contribution in [3.8, 4) is 11.3 Å². The molecule has 3 rings (SSSR count). The largest absolute Gasteiger partial charge is 0.354 e. The number of aryl methyl sites for hydroxylation is 1. The highest BCUT2D eigenvalue weighted by Crippen LogP contribution is 2.29. The van der Waals surface area contributed by atoms with Crippen LogP contribution in [-0.2, 0) is 10.1 Å². The molecule has 7 nitrogen and oxygen atoms in total. The minimum absolute atomic E-state index is 0.185. The topological polar surface area (TPSA) is 95.7 Å². The SMILES string of the molecule is Cc1ccc(-c2cc(NCCCN3C=CC=CC=C3)on2)c(S(=O)(=O)O)c1. The van der Waals surface area contributed by atoms with Crippen molar-refractivity contribution in [2.45, 2.75) is 18.2 Å². The molecular formula is C19H21N3O4S. The van der Waals surface area contributed by atoms with Gasteiger partial charge < -0.3 is 14.7 Å². The summed E-state index contributed by atoms with van der Waals surface area (Å²) in [5.41, 5.74) is 1.36. The summed E-state index contributed by atoms with van der Waals surface area (Å²) in [7, 11) is -4.36. The first-order valence-electron chi connectivity index (χ1n) is 8.50. The Balaban J connectivity index is 1.62. The fourth-order valence-corrected chi connectivity index (χ4v) is 3.45. The lowest BCUT2D eigenvalue weighted by atomic mass is 10.1. The lowest BCUT2D eigenvalue weighted by molar-refractivity contribution is 0.432. The normalized spacial score (nSPS) is 13.8. The van der Waals surface area contributed by atoms with E-state index in [9.17, 15) is 13.0 Å². The van der Waals surface area contributed by atoms with E-state index >= 15 is 0 Å². The van der Waals surface area contributed by atoms with Crippen molar-refractivity contribution in [3.63, 3.8) is 0 Å². The molecule has 0 atom stereocenters. The molecule has 0 saturated carbocycles. The number of hydrogen-bond donors (Lipinski definition) is 2. The van der Waals surface area contributed by atoms with Crippen molar-refractivity contribution in [3.05, 3.63) is 66.5 Å². The number of nitrogens with zero attached hydrogens (tertiary/aromatic N) is 2. The first-order chi connectivity index (χ1) is 12.9. The van der Waals surface area contributed by atoms with Gasteiger partial charge in [0.15, 0.2) is 0 Å². The first kappa shape index (κ1) is 18.9. The summed E-state index contributed by atoms with van der Waals surface area (Å²) in [4.78, 5) is 1.90. The molecule has 2 aromatic rings. The highest BCUT2D eigenvalue weighted by atomic mass is 32.2. The Kier molecular flexibility index (Phi) is 5.78. The third-order valence-corrected chi connectivity index (χ3v) is 4.88. The van der Waals surface area contributed by atoms with E-state index in [1.807, 2.05) is 36.7 Å². The number of hydrogen-bond acceptors (Lipinski definition) is 6. The molecular weight excluding hydrogens is 366 g/mol. The first-order valence-corrected chi connectivity index (χ1v) is 9.94. The lowest BCUT2D eigenvalue weighted by Crippen LogP contribution is -2.14. The lowest BCUT2D eigenvalue weighted by Gasteiger charge is -2.14. The van der Waals surface area contributed by atoms with Crippen molar-refractivity contribution in [1.29, 1.82) is 0 Å². The van der Waals surface area contributed by atoms with E-state index in [2.05, 4.69) is 15.4 Å². The van der Waals surface area contributed by atoms with Gasteiger partial charge in [0.1, 0.15) is 10.6 Å². The predicted molar refractivity (Wildman–Crippen MR) is 104 cm³/mol. The number of allylic oxidation sites excluding steroid dienone is 4. The Morgan fingerprint density at radius 1 is 1.15 bits per heavy atom. The summed E-state index contributed by atoms with van der Waals surface area (Å²) in [5, 5.41) is 7.05. The molecule has 142 valence electrons. The van der Waals surface area contributed by atoms with Crippen LogP contribution in [0.1, 0.15) is 12.0 Å². The Hall–Kier alpha value is -2.84. The maximum absolute atomic E-state index is 11.6. The van der Waals surface area contributed by atoms with E-state index in [0.29, 0.717) is 23.7 Å². The van der Waals surface area contributed by atoms with Crippen LogP contribution < -0.4 is 5.32 Å². The zero-order chi connectivity index (χ0) is 19.3. The summed E-state index contributed by atoms with van der Waals surface area (Å²) in [5.74, 6) is 0.440. The highest BCUT2D eigenvalue weighted by Gasteiger charge is 2.19. The van der Waals surface area contributed by atoms with Crippen LogP contribution in [0.2, 0.25) is 0 Å². The van der Waals surface area contributed by atoms with Crippen molar-refractivity contribution in [2.24, 2.45) is 0 Å². The molecule has 0 bridgehead atoms. The van der Waals surface area contributed by atoms with Crippen LogP contribution in [0, 0.1) is 6.92 Å². The van der Waals surface area contributed by atoms with Crippen LogP contribution in [0.3, 0.4) is 0 Å². The molecule has 0 amide bonds. The van der Waals surface area contributed by atoms with Gasteiger partial charge in [0.2, 0.25) is 5.88 Å². The Bertz CT molecular complexity index is 974. The smallest absolute Gasteiger partial charge is 0.295 e. The van der Waals surface area contributed by atoms with E-state index in [0.717, 1.165) is 18.5 Å². The van der Waals surface area contributed by atoms with Gasteiger partial charge in [-0.1, -0.05) is 29.4 Å². The summed E-state index contributed by atoms with van der Waals surface area (Å²) >= 11 is 0. The average molecular weight is 387 g/mol. The highest BCUT2D eigenvalue weighted by molar-refractivity contribution is 7.86. The predicted octanol–water partition coefficient (Wildman–Crippen LogP) is 3.60. The van der Waals surface area contributed by atoms with E-state index in [1.165, 1.54) is 6.07 Å². The molecule has 2 N–H and O–H groups in total. The molecule has 1 aliphatic rings. The van der Waals surface area contributed by atoms with Gasteiger partial charge in [0.05, 0.1) is 0 Å². The Morgan fingerprint density at radius 2 is 1.89 bits per heavy atom. The van der Waals surface area contributed by atoms with E-state index in [1.54, 1.807) is 25.1 Å². The second-order valence-electron chi connectivity index (χ2n) is 6.14. The second-order valence-corrected chi connectivity index (χ2v) is 7.53. The molecule has 0 saturated heterocycles. The number of anilines is 1. The van der Waals surface area contributed by atoms with Gasteiger partial charge in [0.25, 0.3) is 10.1 Å². The molecule has 0 fully saturated rings. The molecule has 8 heteroatoms. The fourth-order valence-electron chi connectivity index (χ4n) is 2.66. The molecule has 1 aromatic heterocycles. The number of benzene rings is 1. The third-order valence-electron chi connectivity index (χ3n) is 3.98. The van der Waals surface area contributed by atoms with Crippen LogP contribution >= 0.6 is 0 Å². The summed E-state index contributed by atoms with van der Waals surface area (Å²) < 4.78 is 38.0. The molecule has 0 aliphatic carbocycles. The van der Waals surface area contributed by atoms with E-state index in [-0.39, 0.29) is 4.90 Å². The molecule has 0 spiro atoms. The number of rotatable bonds is 7. The maximum Gasteiger partial charge on any atom is 0.295 e. The molecule has 0 radical (unpaired) electrons. The zero-order valence-electron chi connectivity index (χ0n) is 14.9. The van der Waals surface area contributed by atoms with Crippen LogP contribution in [0.4, 0.5) is 5.88 Å². The minimum atomic E-state index is -4.36. The van der Waals surface area contributed by atoms with E-state index < -0.39 is 10.1 Å².